The lowest BCUT2D eigenvalue weighted by atomic mass is 10.0. The fraction of sp³-hybridized carbons (Fsp3) is 0.421. The summed E-state index contributed by atoms with van der Waals surface area (Å²) in [5, 5.41) is 4.93. The molecule has 0 spiro atoms. The largest absolute Gasteiger partial charge is 0.335 e. The molecule has 1 aliphatic rings. The third-order valence-electron chi connectivity index (χ3n) is 4.87. The predicted molar refractivity (Wildman–Crippen MR) is 97.5 cm³/mol. The second kappa shape index (κ2) is 7.77. The maximum atomic E-state index is 13.2. The zero-order valence-electron chi connectivity index (χ0n) is 15.4. The number of carbonyl (C=O) groups excluding carboxylic acids is 2. The lowest BCUT2D eigenvalue weighted by Gasteiger charge is -2.34. The minimum atomic E-state index is -0.373. The molecule has 1 aromatic heterocycles. The first-order valence-electron chi connectivity index (χ1n) is 8.96. The van der Waals surface area contributed by atoms with Gasteiger partial charge in [-0.1, -0.05) is 26.0 Å². The van der Waals surface area contributed by atoms with E-state index in [-0.39, 0.29) is 53.8 Å². The van der Waals surface area contributed by atoms with E-state index in [4.69, 9.17) is 0 Å². The molecule has 2 amide bonds. The lowest BCUT2D eigenvalue weighted by molar-refractivity contribution is -0.134. The normalized spacial score (nSPS) is 18.1. The van der Waals surface area contributed by atoms with Gasteiger partial charge in [-0.25, -0.2) is 4.39 Å². The maximum absolute atomic E-state index is 13.2. The van der Waals surface area contributed by atoms with Gasteiger partial charge in [0.15, 0.2) is 0 Å². The molecule has 1 atom stereocenters. The number of H-pyrrole nitrogens is 2. The third-order valence-corrected chi connectivity index (χ3v) is 4.87. The van der Waals surface area contributed by atoms with E-state index in [1.165, 1.54) is 18.2 Å². The molecule has 0 aliphatic carbocycles. The molecule has 1 fully saturated rings. The van der Waals surface area contributed by atoms with E-state index in [1.807, 2.05) is 13.8 Å². The third kappa shape index (κ3) is 4.27. The number of benzene rings is 1. The van der Waals surface area contributed by atoms with Gasteiger partial charge in [0, 0.05) is 32.1 Å². The number of amides is 2. The molecule has 2 aromatic rings. The summed E-state index contributed by atoms with van der Waals surface area (Å²) in [6.45, 7) is 5.03. The van der Waals surface area contributed by atoms with Crippen LogP contribution >= 0.6 is 0 Å². The number of hydrogen-bond acceptors (Lipinski definition) is 3. The van der Waals surface area contributed by atoms with E-state index in [0.717, 1.165) is 5.56 Å². The number of aromatic amines is 2. The van der Waals surface area contributed by atoms with Gasteiger partial charge in [0.25, 0.3) is 11.5 Å². The highest BCUT2D eigenvalue weighted by molar-refractivity contribution is 5.92. The lowest BCUT2D eigenvalue weighted by Crippen LogP contribution is -2.47. The van der Waals surface area contributed by atoms with Crippen molar-refractivity contribution in [1.82, 2.24) is 20.0 Å². The van der Waals surface area contributed by atoms with Gasteiger partial charge in [0.05, 0.1) is 6.04 Å². The Bertz CT molecular complexity index is 872. The molecular formula is C19H23FN4O3. The van der Waals surface area contributed by atoms with Crippen LogP contribution in [0.4, 0.5) is 4.39 Å². The van der Waals surface area contributed by atoms with Gasteiger partial charge in [-0.05, 0) is 23.6 Å². The number of hydrogen-bond donors (Lipinski definition) is 2. The van der Waals surface area contributed by atoms with Crippen LogP contribution in [-0.4, -0.2) is 50.9 Å². The van der Waals surface area contributed by atoms with E-state index in [1.54, 1.807) is 21.9 Å². The van der Waals surface area contributed by atoms with Crippen LogP contribution < -0.4 is 5.56 Å². The van der Waals surface area contributed by atoms with Crippen molar-refractivity contribution in [2.24, 2.45) is 5.92 Å². The number of aromatic nitrogens is 2. The highest BCUT2D eigenvalue weighted by Crippen LogP contribution is 2.22. The molecule has 1 aliphatic heterocycles. The summed E-state index contributed by atoms with van der Waals surface area (Å²) in [7, 11) is 0. The number of rotatable bonds is 4. The molecule has 2 N–H and O–H groups in total. The van der Waals surface area contributed by atoms with Crippen molar-refractivity contribution in [3.63, 3.8) is 0 Å². The van der Waals surface area contributed by atoms with Crippen LogP contribution in [0.25, 0.3) is 0 Å². The SMILES string of the molecule is CC(C)C1CN(C(=O)c2cc(=O)[nH][nH]2)CCC(=O)N1Cc1ccc(F)cc1. The van der Waals surface area contributed by atoms with Crippen LogP contribution in [0.2, 0.25) is 0 Å². The first-order chi connectivity index (χ1) is 12.8. The minimum Gasteiger partial charge on any atom is -0.335 e. The van der Waals surface area contributed by atoms with Crippen molar-refractivity contribution in [3.05, 3.63) is 57.8 Å². The van der Waals surface area contributed by atoms with Crippen LogP contribution in [0.5, 0.6) is 0 Å². The Morgan fingerprint density at radius 1 is 1.22 bits per heavy atom. The van der Waals surface area contributed by atoms with E-state index < -0.39 is 0 Å². The second-order valence-corrected chi connectivity index (χ2v) is 7.13. The fourth-order valence-corrected chi connectivity index (χ4v) is 3.34. The summed E-state index contributed by atoms with van der Waals surface area (Å²) in [4.78, 5) is 40.1. The van der Waals surface area contributed by atoms with Crippen LogP contribution in [0, 0.1) is 11.7 Å². The summed E-state index contributed by atoms with van der Waals surface area (Å²) in [6.07, 6.45) is 0.199. The molecule has 1 saturated heterocycles. The Morgan fingerprint density at radius 3 is 2.52 bits per heavy atom. The van der Waals surface area contributed by atoms with Gasteiger partial charge in [-0.2, -0.15) is 0 Å². The van der Waals surface area contributed by atoms with Crippen molar-refractivity contribution >= 4 is 11.8 Å². The molecule has 1 unspecified atom stereocenters. The highest BCUT2D eigenvalue weighted by atomic mass is 19.1. The average molecular weight is 374 g/mol. The van der Waals surface area contributed by atoms with Gasteiger partial charge < -0.3 is 9.80 Å². The molecule has 8 heteroatoms. The second-order valence-electron chi connectivity index (χ2n) is 7.13. The zero-order valence-corrected chi connectivity index (χ0v) is 15.4. The van der Waals surface area contributed by atoms with Crippen LogP contribution in [-0.2, 0) is 11.3 Å². The topological polar surface area (TPSA) is 89.3 Å². The fourth-order valence-electron chi connectivity index (χ4n) is 3.34. The number of carbonyl (C=O) groups is 2. The van der Waals surface area contributed by atoms with Gasteiger partial charge in [0.2, 0.25) is 5.91 Å². The molecule has 144 valence electrons. The molecular weight excluding hydrogens is 351 g/mol. The summed E-state index contributed by atoms with van der Waals surface area (Å²) in [5.74, 6) is -0.557. The Kier molecular flexibility index (Phi) is 5.43. The molecule has 0 radical (unpaired) electrons. The summed E-state index contributed by atoms with van der Waals surface area (Å²) in [5.41, 5.74) is 0.648. The molecule has 0 bridgehead atoms. The Hall–Kier alpha value is -2.90. The maximum Gasteiger partial charge on any atom is 0.272 e. The number of nitrogens with zero attached hydrogens (tertiary/aromatic N) is 2. The van der Waals surface area contributed by atoms with Crippen molar-refractivity contribution in [1.29, 1.82) is 0 Å². The van der Waals surface area contributed by atoms with E-state index in [0.29, 0.717) is 13.1 Å². The van der Waals surface area contributed by atoms with Crippen molar-refractivity contribution in [2.75, 3.05) is 13.1 Å². The quantitative estimate of drug-likeness (QED) is 0.854. The Balaban J connectivity index is 1.82. The van der Waals surface area contributed by atoms with E-state index in [2.05, 4.69) is 10.2 Å². The number of nitrogens with one attached hydrogen (secondary N) is 2. The van der Waals surface area contributed by atoms with Crippen LogP contribution in [0.1, 0.15) is 36.3 Å². The standard InChI is InChI=1S/C19H23FN4O3/c1-12(2)16-11-23(19(27)15-9-17(25)22-21-15)8-7-18(26)24(16)10-13-3-5-14(20)6-4-13/h3-6,9,12,16H,7-8,10-11H2,1-2H3,(H2,21,22,25). The molecule has 2 heterocycles. The summed E-state index contributed by atoms with van der Waals surface area (Å²) >= 11 is 0. The van der Waals surface area contributed by atoms with Crippen LogP contribution in [0.15, 0.2) is 35.1 Å². The monoisotopic (exact) mass is 374 g/mol. The Labute approximate surface area is 156 Å². The van der Waals surface area contributed by atoms with E-state index >= 15 is 0 Å². The smallest absolute Gasteiger partial charge is 0.272 e. The predicted octanol–water partition coefficient (Wildman–Crippen LogP) is 1.74. The van der Waals surface area contributed by atoms with Gasteiger partial charge in [0.1, 0.15) is 11.5 Å². The first-order valence-corrected chi connectivity index (χ1v) is 8.96. The van der Waals surface area contributed by atoms with Gasteiger partial charge in [-0.15, -0.1) is 0 Å². The average Bonchev–Trinajstić information content (AvgIpc) is 3.00. The van der Waals surface area contributed by atoms with Gasteiger partial charge >= 0.3 is 0 Å². The van der Waals surface area contributed by atoms with Crippen molar-refractivity contribution in [3.8, 4) is 0 Å². The molecule has 27 heavy (non-hydrogen) atoms. The summed E-state index contributed by atoms with van der Waals surface area (Å²) in [6, 6.07) is 7.12. The Morgan fingerprint density at radius 2 is 1.93 bits per heavy atom. The molecule has 7 nitrogen and oxygen atoms in total. The van der Waals surface area contributed by atoms with E-state index in [9.17, 15) is 18.8 Å². The highest BCUT2D eigenvalue weighted by Gasteiger charge is 2.34. The van der Waals surface area contributed by atoms with Gasteiger partial charge in [-0.3, -0.25) is 24.6 Å². The minimum absolute atomic E-state index is 0.0455. The number of halogens is 1. The summed E-state index contributed by atoms with van der Waals surface area (Å²) < 4.78 is 13.2. The first kappa shape index (κ1) is 18.9. The molecule has 1 aromatic carbocycles. The molecule has 3 rings (SSSR count). The molecule has 0 saturated carbocycles. The van der Waals surface area contributed by atoms with Crippen molar-refractivity contribution in [2.45, 2.75) is 32.9 Å². The zero-order chi connectivity index (χ0) is 19.6. The van der Waals surface area contributed by atoms with Crippen LogP contribution in [0.3, 0.4) is 0 Å². The van der Waals surface area contributed by atoms with Crippen molar-refractivity contribution < 1.29 is 14.0 Å².